The lowest BCUT2D eigenvalue weighted by molar-refractivity contribution is -0.343. The smallest absolute Gasteiger partial charge is 0.186 e. The molecule has 12 rings (SSSR count). The summed E-state index contributed by atoms with van der Waals surface area (Å²) in [5.41, 5.74) is -1.38. The van der Waals surface area contributed by atoms with Crippen molar-refractivity contribution in [2.45, 2.75) is 386 Å². The fourth-order valence-corrected chi connectivity index (χ4v) is 28.2. The maximum atomic E-state index is 12.1. The van der Waals surface area contributed by atoms with Crippen molar-refractivity contribution in [2.24, 2.45) is 98.1 Å². The van der Waals surface area contributed by atoms with Gasteiger partial charge in [-0.25, -0.2) is 0 Å². The normalized spacial score (nSPS) is 41.5. The predicted octanol–water partition coefficient (Wildman–Crippen LogP) is -3.22. The van der Waals surface area contributed by atoms with E-state index < -0.39 is 283 Å². The standard InChI is InChI=1S/C101H180O44/c1-53(62-16-18-64-60-14-12-55-38-57(20-24-97(55,3)66(60)22-26-99(62,64)5)139-92-84(124)81(121)75(48-136-92)144-95-76(116)68(111)40-59(41-106)141-95)10-8-32-128-49-101(51-137-90(131-35-29-103)79(119)71(114)46-135-93-85(125)82(122)80(120)73(44-109)142-93,52-138-94-86(126)83(123)88(74(45-110)143-94)145-91(132-36-30-104)78(118)70(113)43-108)50-129-33-9-11-54(2)63-17-19-65-61-15-13-56-39-58(21-25-98(56,4)67(61)23-27-100(63,65)6)140-96(133-37-31-105)87(127-7)72(115)47-134-89(130-34-28-102)77(117)69(112)42-107/h53-96,102-126H,8-52H2,1-7H3/t53?,54?,55?,56?,57?,58?,59?,60?,61?,62?,63?,64?,65?,66?,67?,68?,69?,70?,71?,72?,73?,74?,75-,76+,77-,78-,79+,80-,81?,82?,83?,84+,85+,86-,87-,88+,89+,90+,91+,92+,93+,94+,95-,96-,97?,98?,99?,100?,101?/m0/s1. The van der Waals surface area contributed by atoms with E-state index >= 15 is 0 Å². The van der Waals surface area contributed by atoms with Gasteiger partial charge in [0.1, 0.15) is 122 Å². The minimum absolute atomic E-state index is 0.00197. The number of methoxy groups -OCH3 is 1. The quantitative estimate of drug-likeness (QED) is 0.0162. The van der Waals surface area contributed by atoms with Gasteiger partial charge in [-0.3, -0.25) is 0 Å². The number of fused-ring (bicyclic) bond motifs is 10. The van der Waals surface area contributed by atoms with Gasteiger partial charge in [0.05, 0.1) is 162 Å². The molecule has 0 radical (unpaired) electrons. The van der Waals surface area contributed by atoms with Crippen LogP contribution in [0, 0.1) is 98.1 Å². The summed E-state index contributed by atoms with van der Waals surface area (Å²) in [5.74, 6) is 4.92. The Kier molecular flexibility index (Phi) is 47.4. The van der Waals surface area contributed by atoms with Gasteiger partial charge in [-0.15, -0.1) is 0 Å². The van der Waals surface area contributed by atoms with E-state index in [-0.39, 0.29) is 105 Å². The van der Waals surface area contributed by atoms with Gasteiger partial charge in [-0.1, -0.05) is 41.5 Å². The van der Waals surface area contributed by atoms with Crippen molar-refractivity contribution in [1.82, 2.24) is 0 Å². The van der Waals surface area contributed by atoms with Gasteiger partial charge in [0.15, 0.2) is 50.3 Å². The molecule has 0 aromatic rings. The molecule has 4 saturated heterocycles. The molecule has 0 aromatic carbocycles. The van der Waals surface area contributed by atoms with Crippen molar-refractivity contribution in [3.63, 3.8) is 0 Å². The van der Waals surface area contributed by atoms with Crippen LogP contribution in [-0.2, 0) is 90.0 Å². The monoisotopic (exact) mass is 2100 g/mol. The van der Waals surface area contributed by atoms with Crippen LogP contribution in [0.4, 0.5) is 0 Å². The molecule has 12 aliphatic rings. The van der Waals surface area contributed by atoms with Crippen LogP contribution in [0.5, 0.6) is 0 Å². The number of aliphatic hydroxyl groups is 25. The second-order valence-corrected chi connectivity index (χ2v) is 45.1. The molecule has 8 aliphatic carbocycles. The van der Waals surface area contributed by atoms with E-state index in [0.717, 1.165) is 122 Å². The fourth-order valence-electron chi connectivity index (χ4n) is 28.2. The highest BCUT2D eigenvalue weighted by molar-refractivity contribution is 5.13. The third kappa shape index (κ3) is 28.9. The van der Waals surface area contributed by atoms with E-state index in [2.05, 4.69) is 41.5 Å². The van der Waals surface area contributed by atoms with Crippen LogP contribution in [0.1, 0.15) is 189 Å². The molecular weight excluding hydrogens is 1920 g/mol. The molecule has 30 unspecified atom stereocenters. The molecule has 12 fully saturated rings. The highest BCUT2D eigenvalue weighted by atomic mass is 16.8. The minimum Gasteiger partial charge on any atom is -0.394 e. The Hall–Kier alpha value is -1.76. The summed E-state index contributed by atoms with van der Waals surface area (Å²) >= 11 is 0. The number of hydrogen-bond acceptors (Lipinski definition) is 44. The first-order valence-corrected chi connectivity index (χ1v) is 53.5. The Bertz CT molecular complexity index is 3640. The Morgan fingerprint density at radius 1 is 0.379 bits per heavy atom. The largest absolute Gasteiger partial charge is 0.394 e. The molecule has 0 aromatic heterocycles. The van der Waals surface area contributed by atoms with E-state index in [9.17, 15) is 128 Å². The predicted molar refractivity (Wildman–Crippen MR) is 505 cm³/mol. The lowest BCUT2D eigenvalue weighted by Gasteiger charge is -2.61. The maximum Gasteiger partial charge on any atom is 0.186 e. The van der Waals surface area contributed by atoms with Gasteiger partial charge in [-0.2, -0.15) is 0 Å². The molecule has 0 spiro atoms. The van der Waals surface area contributed by atoms with Crippen LogP contribution in [0.2, 0.25) is 0 Å². The van der Waals surface area contributed by atoms with E-state index in [1.807, 2.05) is 0 Å². The van der Waals surface area contributed by atoms with Gasteiger partial charge in [0.2, 0.25) is 0 Å². The fraction of sp³-hybridized carbons (Fsp3) is 1.00. The lowest BCUT2D eigenvalue weighted by Crippen LogP contribution is -2.62. The second-order valence-electron chi connectivity index (χ2n) is 45.1. The third-order valence-electron chi connectivity index (χ3n) is 36.3. The highest BCUT2D eigenvalue weighted by Gasteiger charge is 2.65. The van der Waals surface area contributed by atoms with Crippen molar-refractivity contribution in [3.05, 3.63) is 0 Å². The van der Waals surface area contributed by atoms with Crippen LogP contribution >= 0.6 is 0 Å². The van der Waals surface area contributed by atoms with Crippen LogP contribution < -0.4 is 0 Å². The van der Waals surface area contributed by atoms with Crippen molar-refractivity contribution >= 4 is 0 Å². The van der Waals surface area contributed by atoms with Gasteiger partial charge >= 0.3 is 0 Å². The van der Waals surface area contributed by atoms with Gasteiger partial charge in [-0.05, 0) is 234 Å². The SMILES string of the molecule is CO[C@@H](C(O)CO[C@@H](OCCO)[C@@H](O)C(O)CO)[C@@H](OCCO)OC1CCC2(C)C(CCC3C2CCC2(C)C(C(C)CCCOCC(COCCCC(C)C4CCC5C6CCC7CC(O[C@H]8OC[C@H](O[C@@H]9OC(CO)CC(O)[C@H]9O)C(O)[C@H]8O)CCC7(C)C6CCC45C)(CO[C@@H](OCCO)[C@H](O)C(O)CO[C@@H]4OC(CO)[C@H](O)C(O)[C@H]4O)CO[C@@H]4OC(CO)[C@@H](O[C@@H](OCCO)[C@@H](O)C(O)CO)C(O)[C@@H]4O)CCC32)C1. The first kappa shape index (κ1) is 122. The van der Waals surface area contributed by atoms with Crippen LogP contribution in [0.3, 0.4) is 0 Å². The van der Waals surface area contributed by atoms with Crippen molar-refractivity contribution in [1.29, 1.82) is 0 Å². The molecule has 0 bridgehead atoms. The molecule has 8 saturated carbocycles. The van der Waals surface area contributed by atoms with Gasteiger partial charge in [0, 0.05) is 26.7 Å². The molecule has 25 N–H and O–H groups in total. The van der Waals surface area contributed by atoms with E-state index in [1.54, 1.807) is 0 Å². The summed E-state index contributed by atoms with van der Waals surface area (Å²) in [6.45, 7) is 4.84. The Balaban J connectivity index is 0.718. The Morgan fingerprint density at radius 2 is 0.862 bits per heavy atom. The van der Waals surface area contributed by atoms with E-state index in [1.165, 1.54) is 7.11 Å². The van der Waals surface area contributed by atoms with Crippen molar-refractivity contribution in [3.8, 4) is 0 Å². The Morgan fingerprint density at radius 3 is 1.40 bits per heavy atom. The summed E-state index contributed by atoms with van der Waals surface area (Å²) in [6.07, 6.45) is -28.0. The molecule has 848 valence electrons. The highest BCUT2D eigenvalue weighted by Crippen LogP contribution is 2.71. The summed E-state index contributed by atoms with van der Waals surface area (Å²) < 4.78 is 115. The first-order chi connectivity index (χ1) is 69.3. The molecule has 49 atom stereocenters. The molecule has 4 aliphatic heterocycles. The lowest BCUT2D eigenvalue weighted by atomic mass is 9.44. The topological polar surface area (TPSA) is 681 Å². The van der Waals surface area contributed by atoms with Crippen molar-refractivity contribution < 1.29 is 218 Å². The van der Waals surface area contributed by atoms with Gasteiger partial charge < -0.3 is 218 Å². The number of rotatable bonds is 60. The zero-order valence-corrected chi connectivity index (χ0v) is 85.7. The Labute approximate surface area is 850 Å². The minimum atomic E-state index is -2.03. The molecule has 145 heavy (non-hydrogen) atoms. The molecule has 4 heterocycles. The molecular formula is C101H180O44. The molecule has 44 nitrogen and oxygen atoms in total. The average Bonchev–Trinajstić information content (AvgIpc) is 1.68. The summed E-state index contributed by atoms with van der Waals surface area (Å²) in [6, 6.07) is 0. The van der Waals surface area contributed by atoms with Crippen molar-refractivity contribution in [2.75, 3.05) is 152 Å². The third-order valence-corrected chi connectivity index (χ3v) is 36.3. The number of hydrogen-bond donors (Lipinski definition) is 25. The van der Waals surface area contributed by atoms with Gasteiger partial charge in [0.25, 0.3) is 0 Å². The zero-order chi connectivity index (χ0) is 105. The number of ether oxygens (including phenoxy) is 19. The maximum absolute atomic E-state index is 12.1. The summed E-state index contributed by atoms with van der Waals surface area (Å²) in [7, 11) is 1.37. The zero-order valence-electron chi connectivity index (χ0n) is 85.7. The van der Waals surface area contributed by atoms with Crippen LogP contribution in [-0.4, -0.2) is 477 Å². The van der Waals surface area contributed by atoms with Crippen LogP contribution in [0.25, 0.3) is 0 Å². The van der Waals surface area contributed by atoms with E-state index in [0.29, 0.717) is 78.4 Å². The van der Waals surface area contributed by atoms with E-state index in [4.69, 9.17) is 90.0 Å². The molecule has 44 heteroatoms. The summed E-state index contributed by atoms with van der Waals surface area (Å²) in [4.78, 5) is 0. The number of aliphatic hydroxyl groups excluding tert-OH is 25. The average molecular weight is 2100 g/mol. The summed E-state index contributed by atoms with van der Waals surface area (Å²) in [5, 5.41) is 266. The van der Waals surface area contributed by atoms with Crippen LogP contribution in [0.15, 0.2) is 0 Å². The molecule has 0 amide bonds. The first-order valence-electron chi connectivity index (χ1n) is 53.5. The second kappa shape index (κ2) is 56.4.